The lowest BCUT2D eigenvalue weighted by atomic mass is 10.3. The SMILES string of the molecule is CCc1cc2c(Nc3cnn(CCO)c3)ncnc2s1. The molecule has 0 spiro atoms. The van der Waals surface area contributed by atoms with Crippen LogP contribution in [0.4, 0.5) is 11.5 Å². The maximum Gasteiger partial charge on any atom is 0.142 e. The molecule has 0 radical (unpaired) electrons. The molecule has 3 aromatic heterocycles. The van der Waals surface area contributed by atoms with Crippen LogP contribution in [0.3, 0.4) is 0 Å². The quantitative estimate of drug-likeness (QED) is 0.753. The largest absolute Gasteiger partial charge is 0.394 e. The number of hydrogen-bond donors (Lipinski definition) is 2. The molecule has 0 saturated heterocycles. The minimum Gasteiger partial charge on any atom is -0.394 e. The first-order valence-corrected chi connectivity index (χ1v) is 7.25. The summed E-state index contributed by atoms with van der Waals surface area (Å²) in [5.74, 6) is 0.787. The van der Waals surface area contributed by atoms with Crippen LogP contribution in [0.2, 0.25) is 0 Å². The standard InChI is InChI=1S/C13H15N5OS/c1-2-10-5-11-12(14-8-15-13(11)20-10)17-9-6-16-18(7-9)3-4-19/h5-8,19H,2-4H2,1H3,(H,14,15,17). The van der Waals surface area contributed by atoms with E-state index in [-0.39, 0.29) is 6.61 Å². The van der Waals surface area contributed by atoms with Crippen molar-refractivity contribution in [3.05, 3.63) is 29.7 Å². The Morgan fingerprint density at radius 1 is 1.40 bits per heavy atom. The van der Waals surface area contributed by atoms with Crippen molar-refractivity contribution < 1.29 is 5.11 Å². The van der Waals surface area contributed by atoms with E-state index in [0.29, 0.717) is 6.54 Å². The number of thiophene rings is 1. The zero-order chi connectivity index (χ0) is 13.9. The van der Waals surface area contributed by atoms with E-state index in [1.165, 1.54) is 4.88 Å². The van der Waals surface area contributed by atoms with Gasteiger partial charge in [0.2, 0.25) is 0 Å². The molecule has 0 aliphatic rings. The van der Waals surface area contributed by atoms with Crippen LogP contribution in [-0.4, -0.2) is 31.5 Å². The maximum absolute atomic E-state index is 8.89. The third-order valence-corrected chi connectivity index (χ3v) is 4.14. The number of anilines is 2. The predicted octanol–water partition coefficient (Wildman–Crippen LogP) is 2.19. The number of rotatable bonds is 5. The van der Waals surface area contributed by atoms with Crippen molar-refractivity contribution in [3.8, 4) is 0 Å². The lowest BCUT2D eigenvalue weighted by Crippen LogP contribution is -2.01. The monoisotopic (exact) mass is 289 g/mol. The summed E-state index contributed by atoms with van der Waals surface area (Å²) in [4.78, 5) is 10.9. The Labute approximate surface area is 120 Å². The van der Waals surface area contributed by atoms with E-state index in [0.717, 1.165) is 28.1 Å². The molecule has 0 amide bonds. The number of aryl methyl sites for hydroxylation is 1. The van der Waals surface area contributed by atoms with E-state index in [1.54, 1.807) is 28.5 Å². The Kier molecular flexibility index (Phi) is 3.62. The highest BCUT2D eigenvalue weighted by atomic mass is 32.1. The Morgan fingerprint density at radius 2 is 2.30 bits per heavy atom. The molecule has 0 unspecified atom stereocenters. The number of hydrogen-bond acceptors (Lipinski definition) is 6. The van der Waals surface area contributed by atoms with E-state index in [9.17, 15) is 0 Å². The number of fused-ring (bicyclic) bond motifs is 1. The molecule has 3 heterocycles. The summed E-state index contributed by atoms with van der Waals surface area (Å²) in [7, 11) is 0. The molecule has 0 fully saturated rings. The van der Waals surface area contributed by atoms with Crippen molar-refractivity contribution in [1.82, 2.24) is 19.7 Å². The minimum atomic E-state index is 0.0727. The average Bonchev–Trinajstić information content (AvgIpc) is 3.06. The Balaban J connectivity index is 1.91. The molecule has 0 aliphatic carbocycles. The van der Waals surface area contributed by atoms with Crippen LogP contribution < -0.4 is 5.32 Å². The zero-order valence-electron chi connectivity index (χ0n) is 11.1. The molecule has 3 rings (SSSR count). The molecule has 0 saturated carbocycles. The second-order valence-corrected chi connectivity index (χ2v) is 5.46. The van der Waals surface area contributed by atoms with Crippen LogP contribution in [0.1, 0.15) is 11.8 Å². The highest BCUT2D eigenvalue weighted by molar-refractivity contribution is 7.18. The fourth-order valence-electron chi connectivity index (χ4n) is 1.97. The van der Waals surface area contributed by atoms with E-state index in [4.69, 9.17) is 5.11 Å². The fraction of sp³-hybridized carbons (Fsp3) is 0.308. The number of aliphatic hydroxyl groups is 1. The molecule has 104 valence electrons. The Morgan fingerprint density at radius 3 is 3.10 bits per heavy atom. The van der Waals surface area contributed by atoms with Crippen LogP contribution in [0.15, 0.2) is 24.8 Å². The van der Waals surface area contributed by atoms with Crippen LogP contribution in [0.5, 0.6) is 0 Å². The molecule has 0 aromatic carbocycles. The summed E-state index contributed by atoms with van der Waals surface area (Å²) in [5.41, 5.74) is 0.850. The molecular formula is C13H15N5OS. The van der Waals surface area contributed by atoms with Crippen molar-refractivity contribution in [2.24, 2.45) is 0 Å². The van der Waals surface area contributed by atoms with Gasteiger partial charge in [-0.1, -0.05) is 6.92 Å². The number of aliphatic hydroxyl groups excluding tert-OH is 1. The minimum absolute atomic E-state index is 0.0727. The van der Waals surface area contributed by atoms with E-state index in [1.807, 2.05) is 6.20 Å². The van der Waals surface area contributed by atoms with Crippen LogP contribution in [0.25, 0.3) is 10.2 Å². The van der Waals surface area contributed by atoms with Crippen molar-refractivity contribution >= 4 is 33.1 Å². The predicted molar refractivity (Wildman–Crippen MR) is 79.4 cm³/mol. The van der Waals surface area contributed by atoms with Crippen molar-refractivity contribution in [2.45, 2.75) is 19.9 Å². The molecule has 20 heavy (non-hydrogen) atoms. The zero-order valence-corrected chi connectivity index (χ0v) is 11.9. The van der Waals surface area contributed by atoms with Crippen molar-refractivity contribution in [3.63, 3.8) is 0 Å². The van der Waals surface area contributed by atoms with Gasteiger partial charge in [0.1, 0.15) is 17.0 Å². The highest BCUT2D eigenvalue weighted by Gasteiger charge is 2.09. The van der Waals surface area contributed by atoms with E-state index in [2.05, 4.69) is 33.4 Å². The topological polar surface area (TPSA) is 75.9 Å². The highest BCUT2D eigenvalue weighted by Crippen LogP contribution is 2.29. The van der Waals surface area contributed by atoms with Gasteiger partial charge in [0.15, 0.2) is 0 Å². The number of aromatic nitrogens is 4. The van der Waals surface area contributed by atoms with Gasteiger partial charge in [0.05, 0.1) is 30.4 Å². The number of nitrogens with zero attached hydrogens (tertiary/aromatic N) is 4. The van der Waals surface area contributed by atoms with Crippen LogP contribution in [0, 0.1) is 0 Å². The normalized spacial score (nSPS) is 11.1. The van der Waals surface area contributed by atoms with Gasteiger partial charge in [0, 0.05) is 11.1 Å². The molecule has 2 N–H and O–H groups in total. The van der Waals surface area contributed by atoms with Crippen molar-refractivity contribution in [2.75, 3.05) is 11.9 Å². The molecule has 0 aliphatic heterocycles. The molecular weight excluding hydrogens is 274 g/mol. The van der Waals surface area contributed by atoms with Crippen LogP contribution >= 0.6 is 11.3 Å². The second kappa shape index (κ2) is 5.56. The van der Waals surface area contributed by atoms with Crippen LogP contribution in [-0.2, 0) is 13.0 Å². The summed E-state index contributed by atoms with van der Waals surface area (Å²) in [6, 6.07) is 2.13. The average molecular weight is 289 g/mol. The molecule has 6 nitrogen and oxygen atoms in total. The van der Waals surface area contributed by atoms with Gasteiger partial charge in [0.25, 0.3) is 0 Å². The first-order valence-electron chi connectivity index (χ1n) is 6.44. The van der Waals surface area contributed by atoms with Gasteiger partial charge >= 0.3 is 0 Å². The van der Waals surface area contributed by atoms with Crippen molar-refractivity contribution in [1.29, 1.82) is 0 Å². The Bertz CT molecular complexity index is 720. The first kappa shape index (κ1) is 13.0. The summed E-state index contributed by atoms with van der Waals surface area (Å²) in [6.07, 6.45) is 6.13. The molecule has 7 heteroatoms. The fourth-order valence-corrected chi connectivity index (χ4v) is 2.90. The summed E-state index contributed by atoms with van der Waals surface area (Å²) < 4.78 is 1.69. The smallest absolute Gasteiger partial charge is 0.142 e. The third kappa shape index (κ3) is 2.50. The van der Waals surface area contributed by atoms with Gasteiger partial charge in [-0.3, -0.25) is 4.68 Å². The second-order valence-electron chi connectivity index (χ2n) is 4.35. The van der Waals surface area contributed by atoms with Gasteiger partial charge in [-0.25, -0.2) is 9.97 Å². The lowest BCUT2D eigenvalue weighted by molar-refractivity contribution is 0.269. The Hall–Kier alpha value is -1.99. The molecule has 3 aromatic rings. The van der Waals surface area contributed by atoms with Gasteiger partial charge in [-0.15, -0.1) is 11.3 Å². The van der Waals surface area contributed by atoms with E-state index < -0.39 is 0 Å². The third-order valence-electron chi connectivity index (χ3n) is 2.95. The molecule has 0 atom stereocenters. The summed E-state index contributed by atoms with van der Waals surface area (Å²) in [6.45, 7) is 2.69. The number of nitrogens with one attached hydrogen (secondary N) is 1. The van der Waals surface area contributed by atoms with E-state index >= 15 is 0 Å². The summed E-state index contributed by atoms with van der Waals surface area (Å²) in [5, 5.41) is 17.3. The maximum atomic E-state index is 8.89. The van der Waals surface area contributed by atoms with Gasteiger partial charge < -0.3 is 10.4 Å². The summed E-state index contributed by atoms with van der Waals surface area (Å²) >= 11 is 1.69. The van der Waals surface area contributed by atoms with Gasteiger partial charge in [-0.05, 0) is 12.5 Å². The lowest BCUT2D eigenvalue weighted by Gasteiger charge is -2.02. The van der Waals surface area contributed by atoms with Gasteiger partial charge in [-0.2, -0.15) is 5.10 Å². The molecule has 0 bridgehead atoms. The first-order chi connectivity index (χ1) is 9.80.